The van der Waals surface area contributed by atoms with E-state index >= 15 is 0 Å². The number of hydrogen-bond acceptors (Lipinski definition) is 4. The highest BCUT2D eigenvalue weighted by Crippen LogP contribution is 2.41. The number of nitrogens with one attached hydrogen (secondary N) is 1. The first kappa shape index (κ1) is 21.8. The third-order valence-electron chi connectivity index (χ3n) is 5.81. The highest BCUT2D eigenvalue weighted by Gasteiger charge is 2.49. The summed E-state index contributed by atoms with van der Waals surface area (Å²) in [6.07, 6.45) is 0.324. The zero-order valence-corrected chi connectivity index (χ0v) is 16.9. The Labute approximate surface area is 179 Å². The Morgan fingerprint density at radius 2 is 1.91 bits per heavy atom. The van der Waals surface area contributed by atoms with Gasteiger partial charge in [0.1, 0.15) is 23.2 Å². The molecule has 1 atom stereocenters. The Kier molecular flexibility index (Phi) is 5.22. The summed E-state index contributed by atoms with van der Waals surface area (Å²) in [7, 11) is 0. The van der Waals surface area contributed by atoms with Crippen molar-refractivity contribution >= 4 is 11.8 Å². The van der Waals surface area contributed by atoms with Crippen LogP contribution >= 0.6 is 0 Å². The third kappa shape index (κ3) is 3.51. The van der Waals surface area contributed by atoms with Crippen LogP contribution in [0.25, 0.3) is 0 Å². The molecule has 2 aromatic rings. The summed E-state index contributed by atoms with van der Waals surface area (Å²) in [6, 6.07) is 0.550. The number of carbonyl (C=O) groups is 2. The van der Waals surface area contributed by atoms with Gasteiger partial charge in [-0.2, -0.15) is 0 Å². The van der Waals surface area contributed by atoms with Crippen LogP contribution in [0.1, 0.15) is 50.9 Å². The second-order valence-electron chi connectivity index (χ2n) is 8.00. The molecule has 32 heavy (non-hydrogen) atoms. The normalized spacial score (nSPS) is 19.3. The van der Waals surface area contributed by atoms with E-state index < -0.39 is 76.4 Å². The summed E-state index contributed by atoms with van der Waals surface area (Å²) in [5, 5.41) is 12.5. The smallest absolute Gasteiger partial charge is 0.274 e. The minimum absolute atomic E-state index is 0.0375. The quantitative estimate of drug-likeness (QED) is 0.699. The van der Waals surface area contributed by atoms with Gasteiger partial charge in [-0.25, -0.2) is 17.6 Å². The number of rotatable bonds is 3. The molecule has 1 fully saturated rings. The van der Waals surface area contributed by atoms with Gasteiger partial charge >= 0.3 is 0 Å². The highest BCUT2D eigenvalue weighted by atomic mass is 19.3. The van der Waals surface area contributed by atoms with E-state index in [1.807, 2.05) is 0 Å². The number of amides is 2. The summed E-state index contributed by atoms with van der Waals surface area (Å²) in [5.41, 5.74) is -2.70. The van der Waals surface area contributed by atoms with Gasteiger partial charge in [-0.05, 0) is 31.0 Å². The van der Waals surface area contributed by atoms with Crippen molar-refractivity contribution in [2.24, 2.45) is 0 Å². The maximum Gasteiger partial charge on any atom is 0.274 e. The van der Waals surface area contributed by atoms with Crippen LogP contribution in [-0.4, -0.2) is 45.4 Å². The molecule has 0 radical (unpaired) electrons. The Morgan fingerprint density at radius 1 is 1.25 bits per heavy atom. The summed E-state index contributed by atoms with van der Waals surface area (Å²) in [5.74, 6) is -8.11. The Hall–Kier alpha value is -3.37. The molecule has 0 unspecified atom stereocenters. The monoisotopic (exact) mass is 453 g/mol. The van der Waals surface area contributed by atoms with Crippen molar-refractivity contribution in [1.82, 2.24) is 14.8 Å². The van der Waals surface area contributed by atoms with Crippen LogP contribution in [-0.2, 0) is 6.54 Å². The lowest BCUT2D eigenvalue weighted by Gasteiger charge is -2.37. The molecule has 1 saturated heterocycles. The molecule has 4 rings (SSSR count). The number of alkyl halides is 2. The number of benzene rings is 1. The number of aromatic nitrogens is 1. The van der Waals surface area contributed by atoms with E-state index in [-0.39, 0.29) is 19.5 Å². The Bertz CT molecular complexity index is 1170. The molecule has 2 bridgehead atoms. The number of pyridine rings is 1. The minimum Gasteiger partial charge on any atom is -0.503 e. The lowest BCUT2D eigenvalue weighted by Crippen LogP contribution is -2.48. The summed E-state index contributed by atoms with van der Waals surface area (Å²) >= 11 is 0. The molecule has 170 valence electrons. The van der Waals surface area contributed by atoms with E-state index in [0.717, 1.165) is 27.8 Å². The Balaban J connectivity index is 1.72. The molecule has 0 aliphatic carbocycles. The fourth-order valence-corrected chi connectivity index (χ4v) is 4.13. The third-order valence-corrected chi connectivity index (χ3v) is 5.81. The SMILES string of the molecule is Cc1cc(F)c(CNC(=O)c2cn3c(c(O)c2=O)C(=O)N2CCCC(F)(F)[C@@H]3C2)c(F)c1. The molecule has 3 heterocycles. The van der Waals surface area contributed by atoms with Crippen molar-refractivity contribution in [3.05, 3.63) is 62.6 Å². The number of hydrogen-bond donors (Lipinski definition) is 2. The van der Waals surface area contributed by atoms with Crippen LogP contribution in [0.4, 0.5) is 17.6 Å². The average Bonchev–Trinajstić information content (AvgIpc) is 2.84. The van der Waals surface area contributed by atoms with Gasteiger partial charge in [0.15, 0.2) is 11.4 Å². The first-order chi connectivity index (χ1) is 15.0. The van der Waals surface area contributed by atoms with Crippen LogP contribution < -0.4 is 10.7 Å². The molecule has 2 N–H and O–H groups in total. The number of fused-ring (bicyclic) bond motifs is 4. The molecule has 7 nitrogen and oxygen atoms in total. The number of carbonyl (C=O) groups excluding carboxylic acids is 2. The topological polar surface area (TPSA) is 91.6 Å². The lowest BCUT2D eigenvalue weighted by atomic mass is 10.0. The van der Waals surface area contributed by atoms with Gasteiger partial charge in [0.2, 0.25) is 5.43 Å². The van der Waals surface area contributed by atoms with E-state index in [9.17, 15) is 37.1 Å². The molecule has 1 aromatic heterocycles. The lowest BCUT2D eigenvalue weighted by molar-refractivity contribution is -0.0597. The number of nitrogens with zero attached hydrogens (tertiary/aromatic N) is 2. The van der Waals surface area contributed by atoms with E-state index in [2.05, 4.69) is 5.32 Å². The standard InChI is InChI=1S/C21H19F4N3O4/c1-10-5-13(22)11(14(23)6-10)7-26-19(31)12-8-28-15-9-27(4-2-3-21(15,24)25)20(32)16(28)18(30)17(12)29/h5-6,8,15,30H,2-4,7,9H2,1H3,(H,26,31)/t15-/m0/s1. The van der Waals surface area contributed by atoms with Crippen LogP contribution in [0.15, 0.2) is 23.1 Å². The number of aryl methyl sites for hydroxylation is 1. The van der Waals surface area contributed by atoms with Crippen molar-refractivity contribution in [1.29, 1.82) is 0 Å². The van der Waals surface area contributed by atoms with Crippen LogP contribution in [0.5, 0.6) is 5.75 Å². The second-order valence-corrected chi connectivity index (χ2v) is 8.00. The number of halogens is 4. The minimum atomic E-state index is -3.26. The van der Waals surface area contributed by atoms with Crippen LogP contribution in [0, 0.1) is 18.6 Å². The summed E-state index contributed by atoms with van der Waals surface area (Å²) < 4.78 is 58.2. The van der Waals surface area contributed by atoms with Crippen molar-refractivity contribution in [2.75, 3.05) is 13.1 Å². The first-order valence-electron chi connectivity index (χ1n) is 9.89. The van der Waals surface area contributed by atoms with Crippen molar-refractivity contribution < 1.29 is 32.3 Å². The van der Waals surface area contributed by atoms with Gasteiger partial charge < -0.3 is 19.9 Å². The Morgan fingerprint density at radius 3 is 2.56 bits per heavy atom. The van der Waals surface area contributed by atoms with E-state index in [1.54, 1.807) is 0 Å². The summed E-state index contributed by atoms with van der Waals surface area (Å²) in [6.45, 7) is 0.568. The average molecular weight is 453 g/mol. The van der Waals surface area contributed by atoms with Crippen molar-refractivity contribution in [3.8, 4) is 5.75 Å². The maximum absolute atomic E-state index is 14.7. The molecule has 11 heteroatoms. The number of aromatic hydroxyl groups is 1. The molecule has 2 aliphatic rings. The zero-order valence-electron chi connectivity index (χ0n) is 16.9. The van der Waals surface area contributed by atoms with Crippen LogP contribution in [0.2, 0.25) is 0 Å². The highest BCUT2D eigenvalue weighted by molar-refractivity contribution is 5.99. The molecule has 0 saturated carbocycles. The van der Waals surface area contributed by atoms with E-state index in [1.165, 1.54) is 6.92 Å². The predicted octanol–water partition coefficient (Wildman–Crippen LogP) is 2.50. The molecule has 0 spiro atoms. The predicted molar refractivity (Wildman–Crippen MR) is 104 cm³/mol. The van der Waals surface area contributed by atoms with E-state index in [0.29, 0.717) is 5.56 Å². The van der Waals surface area contributed by atoms with Gasteiger partial charge in [-0.3, -0.25) is 14.4 Å². The summed E-state index contributed by atoms with van der Waals surface area (Å²) in [4.78, 5) is 38.9. The van der Waals surface area contributed by atoms with Gasteiger partial charge in [0.25, 0.3) is 17.7 Å². The second kappa shape index (κ2) is 7.64. The van der Waals surface area contributed by atoms with Crippen molar-refractivity contribution in [2.45, 2.75) is 38.3 Å². The van der Waals surface area contributed by atoms with Gasteiger partial charge in [-0.1, -0.05) is 0 Å². The molecule has 2 amide bonds. The maximum atomic E-state index is 14.7. The fourth-order valence-electron chi connectivity index (χ4n) is 4.13. The molecular weight excluding hydrogens is 434 g/mol. The van der Waals surface area contributed by atoms with E-state index in [4.69, 9.17) is 0 Å². The fraction of sp³-hybridized carbons (Fsp3) is 0.381. The molecular formula is C21H19F4N3O4. The largest absolute Gasteiger partial charge is 0.503 e. The zero-order chi connectivity index (χ0) is 23.4. The van der Waals surface area contributed by atoms with Gasteiger partial charge in [0, 0.05) is 37.8 Å². The first-order valence-corrected chi connectivity index (χ1v) is 9.89. The molecule has 1 aromatic carbocycles. The van der Waals surface area contributed by atoms with Gasteiger partial charge in [-0.15, -0.1) is 0 Å². The van der Waals surface area contributed by atoms with Crippen LogP contribution in [0.3, 0.4) is 0 Å². The molecule has 2 aliphatic heterocycles. The van der Waals surface area contributed by atoms with Gasteiger partial charge in [0.05, 0.1) is 0 Å². The van der Waals surface area contributed by atoms with Crippen molar-refractivity contribution in [3.63, 3.8) is 0 Å².